The second-order valence-electron chi connectivity index (χ2n) is 3.59. The molecule has 0 radical (unpaired) electrons. The average molecular weight is 188 g/mol. The summed E-state index contributed by atoms with van der Waals surface area (Å²) in [5, 5.41) is 11.9. The van der Waals surface area contributed by atoms with Gasteiger partial charge in [-0.1, -0.05) is 12.1 Å². The van der Waals surface area contributed by atoms with Crippen LogP contribution < -0.4 is 0 Å². The molecule has 1 aliphatic rings. The second-order valence-corrected chi connectivity index (χ2v) is 3.59. The zero-order valence-corrected chi connectivity index (χ0v) is 8.04. The molecule has 1 atom stereocenters. The normalized spacial score (nSPS) is 28.2. The molecule has 0 aromatic rings. The lowest BCUT2D eigenvalue weighted by Gasteiger charge is -2.30. The molecule has 1 N–H and O–H groups in total. The van der Waals surface area contributed by atoms with Gasteiger partial charge < -0.3 is 10.1 Å². The van der Waals surface area contributed by atoms with Crippen LogP contribution in [-0.2, 0) is 0 Å². The van der Waals surface area contributed by atoms with Crippen molar-refractivity contribution < 1.29 is 9.60 Å². The lowest BCUT2D eigenvalue weighted by atomic mass is 9.97. The maximum Gasteiger partial charge on any atom is 0.0906 e. The van der Waals surface area contributed by atoms with Crippen LogP contribution in [0.3, 0.4) is 0 Å². The molecule has 1 heterocycles. The molecule has 0 saturated carbocycles. The molecule has 76 valence electrons. The third-order valence-electron chi connectivity index (χ3n) is 2.52. The van der Waals surface area contributed by atoms with E-state index in [9.17, 15) is 4.39 Å². The Bertz CT molecular complexity index is 184. The molecule has 0 aliphatic carbocycles. The van der Waals surface area contributed by atoms with Gasteiger partial charge in [-0.2, -0.15) is 0 Å². The Kier molecular flexibility index (Phi) is 4.15. The minimum Gasteiger partial charge on any atom is -0.411 e. The number of hydrogen-bond acceptors (Lipinski definition) is 3. The minimum absolute atomic E-state index is 0.244. The number of hydrogen-bond donors (Lipinski definition) is 1. The molecule has 1 aliphatic heterocycles. The maximum atomic E-state index is 11.9. The summed E-state index contributed by atoms with van der Waals surface area (Å²) in [7, 11) is 0. The summed E-state index contributed by atoms with van der Waals surface area (Å²) in [6.07, 6.45) is 1.42. The summed E-state index contributed by atoms with van der Waals surface area (Å²) in [4.78, 5) is 2.22. The number of halogens is 1. The van der Waals surface area contributed by atoms with Crippen LogP contribution in [-0.4, -0.2) is 42.1 Å². The Hall–Kier alpha value is -0.640. The fraction of sp³-hybridized carbons (Fsp3) is 0.889. The van der Waals surface area contributed by atoms with Gasteiger partial charge >= 0.3 is 0 Å². The molecule has 0 bridgehead atoms. The first-order valence-electron chi connectivity index (χ1n) is 4.77. The quantitative estimate of drug-likeness (QED) is 0.538. The standard InChI is InChI=1S/C9H17FN2O/c1-8-7-12(5-2-4-10)6-3-9(8)11-13/h8,13H,2-7H2,1H3/b11-9+. The molecular weight excluding hydrogens is 171 g/mol. The first-order valence-corrected chi connectivity index (χ1v) is 4.77. The highest BCUT2D eigenvalue weighted by Crippen LogP contribution is 2.13. The predicted molar refractivity (Wildman–Crippen MR) is 50.0 cm³/mol. The average Bonchev–Trinajstić information content (AvgIpc) is 2.15. The molecule has 3 nitrogen and oxygen atoms in total. The molecule has 13 heavy (non-hydrogen) atoms. The summed E-state index contributed by atoms with van der Waals surface area (Å²) in [6, 6.07) is 0. The first-order chi connectivity index (χ1) is 6.27. The van der Waals surface area contributed by atoms with Crippen molar-refractivity contribution in [3.05, 3.63) is 0 Å². The first kappa shape index (κ1) is 10.4. The predicted octanol–water partition coefficient (Wildman–Crippen LogP) is 1.52. The van der Waals surface area contributed by atoms with Gasteiger partial charge in [0.15, 0.2) is 0 Å². The zero-order valence-electron chi connectivity index (χ0n) is 8.04. The van der Waals surface area contributed by atoms with Crippen molar-refractivity contribution >= 4 is 5.71 Å². The van der Waals surface area contributed by atoms with E-state index < -0.39 is 0 Å². The fourth-order valence-corrected chi connectivity index (χ4v) is 1.74. The van der Waals surface area contributed by atoms with E-state index >= 15 is 0 Å². The monoisotopic (exact) mass is 188 g/mol. The molecule has 0 amide bonds. The molecule has 1 fully saturated rings. The van der Waals surface area contributed by atoms with E-state index in [4.69, 9.17) is 5.21 Å². The van der Waals surface area contributed by atoms with Crippen molar-refractivity contribution in [2.24, 2.45) is 11.1 Å². The number of piperidine rings is 1. The number of likely N-dealkylation sites (tertiary alicyclic amines) is 1. The highest BCUT2D eigenvalue weighted by molar-refractivity contribution is 5.86. The van der Waals surface area contributed by atoms with Crippen LogP contribution in [0.25, 0.3) is 0 Å². The zero-order chi connectivity index (χ0) is 9.68. The SMILES string of the molecule is CC1CN(CCCF)CC/C1=N\O. The molecule has 1 unspecified atom stereocenters. The largest absolute Gasteiger partial charge is 0.411 e. The summed E-state index contributed by atoms with van der Waals surface area (Å²) < 4.78 is 11.9. The van der Waals surface area contributed by atoms with E-state index in [0.29, 0.717) is 12.3 Å². The van der Waals surface area contributed by atoms with E-state index in [1.54, 1.807) is 0 Å². The molecule has 0 aromatic heterocycles. The smallest absolute Gasteiger partial charge is 0.0906 e. The van der Waals surface area contributed by atoms with Crippen molar-refractivity contribution in [3.63, 3.8) is 0 Å². The maximum absolute atomic E-state index is 11.9. The van der Waals surface area contributed by atoms with E-state index in [0.717, 1.165) is 31.8 Å². The Morgan fingerprint density at radius 2 is 2.46 bits per heavy atom. The van der Waals surface area contributed by atoms with Gasteiger partial charge in [-0.05, 0) is 6.42 Å². The lowest BCUT2D eigenvalue weighted by Crippen LogP contribution is -2.40. The van der Waals surface area contributed by atoms with Crippen LogP contribution in [0.15, 0.2) is 5.16 Å². The van der Waals surface area contributed by atoms with E-state index in [-0.39, 0.29) is 6.67 Å². The van der Waals surface area contributed by atoms with Crippen molar-refractivity contribution in [1.82, 2.24) is 4.90 Å². The summed E-state index contributed by atoms with van der Waals surface area (Å²) in [5.74, 6) is 0.304. The van der Waals surface area contributed by atoms with Crippen LogP contribution in [0.5, 0.6) is 0 Å². The number of alkyl halides is 1. The number of rotatable bonds is 3. The van der Waals surface area contributed by atoms with Crippen LogP contribution in [0.4, 0.5) is 4.39 Å². The molecular formula is C9H17FN2O. The lowest BCUT2D eigenvalue weighted by molar-refractivity contribution is 0.226. The molecule has 0 spiro atoms. The van der Waals surface area contributed by atoms with E-state index in [2.05, 4.69) is 10.1 Å². The van der Waals surface area contributed by atoms with Crippen molar-refractivity contribution in [2.75, 3.05) is 26.3 Å². The van der Waals surface area contributed by atoms with Gasteiger partial charge in [-0.3, -0.25) is 4.39 Å². The van der Waals surface area contributed by atoms with Gasteiger partial charge in [0, 0.05) is 32.0 Å². The van der Waals surface area contributed by atoms with Crippen LogP contribution in [0, 0.1) is 5.92 Å². The van der Waals surface area contributed by atoms with Gasteiger partial charge in [0.05, 0.1) is 12.4 Å². The number of nitrogens with zero attached hydrogens (tertiary/aromatic N) is 2. The van der Waals surface area contributed by atoms with E-state index in [1.807, 2.05) is 6.92 Å². The van der Waals surface area contributed by atoms with Crippen molar-refractivity contribution in [1.29, 1.82) is 0 Å². The Morgan fingerprint density at radius 3 is 3.00 bits per heavy atom. The van der Waals surface area contributed by atoms with Crippen LogP contribution in [0.1, 0.15) is 19.8 Å². The highest BCUT2D eigenvalue weighted by Gasteiger charge is 2.21. The van der Waals surface area contributed by atoms with Gasteiger partial charge in [-0.25, -0.2) is 0 Å². The molecule has 4 heteroatoms. The highest BCUT2D eigenvalue weighted by atomic mass is 19.1. The Morgan fingerprint density at radius 1 is 1.69 bits per heavy atom. The second kappa shape index (κ2) is 5.17. The summed E-state index contributed by atoms with van der Waals surface area (Å²) in [6.45, 7) is 4.39. The molecule has 0 aromatic carbocycles. The third-order valence-corrected chi connectivity index (χ3v) is 2.52. The Labute approximate surface area is 78.2 Å². The van der Waals surface area contributed by atoms with Gasteiger partial charge in [0.1, 0.15) is 0 Å². The molecule has 1 saturated heterocycles. The fourth-order valence-electron chi connectivity index (χ4n) is 1.74. The molecule has 1 rings (SSSR count). The van der Waals surface area contributed by atoms with E-state index in [1.165, 1.54) is 0 Å². The minimum atomic E-state index is -0.244. The summed E-state index contributed by atoms with van der Waals surface area (Å²) in [5.41, 5.74) is 0.872. The van der Waals surface area contributed by atoms with Gasteiger partial charge in [0.25, 0.3) is 0 Å². The van der Waals surface area contributed by atoms with Crippen LogP contribution >= 0.6 is 0 Å². The van der Waals surface area contributed by atoms with Gasteiger partial charge in [-0.15, -0.1) is 0 Å². The third kappa shape index (κ3) is 2.95. The summed E-state index contributed by atoms with van der Waals surface area (Å²) >= 11 is 0. The Balaban J connectivity index is 2.32. The number of oxime groups is 1. The topological polar surface area (TPSA) is 35.8 Å². The van der Waals surface area contributed by atoms with Crippen LogP contribution in [0.2, 0.25) is 0 Å². The van der Waals surface area contributed by atoms with Crippen molar-refractivity contribution in [3.8, 4) is 0 Å². The van der Waals surface area contributed by atoms with Gasteiger partial charge in [0.2, 0.25) is 0 Å². The van der Waals surface area contributed by atoms with Crippen molar-refractivity contribution in [2.45, 2.75) is 19.8 Å².